The molecule has 0 bridgehead atoms. The smallest absolute Gasteiger partial charge is 0.353 e. The Hall–Kier alpha value is -2.19. The standard InChI is InChI=1S/C21H26F3N5/c22-21(23,24)18-5-3-4-17(14-18)19-15-25-16-20(26-19)29-12-10-28(11-13-29)9-8-27-6-1-2-7-27/h3-5,14-16H,1-2,6-13H2. The second-order valence-corrected chi connectivity index (χ2v) is 7.72. The lowest BCUT2D eigenvalue weighted by Crippen LogP contribution is -2.48. The fraction of sp³-hybridized carbons (Fsp3) is 0.524. The molecule has 156 valence electrons. The van der Waals surface area contributed by atoms with E-state index in [4.69, 9.17) is 0 Å². The zero-order valence-electron chi connectivity index (χ0n) is 16.4. The lowest BCUT2D eigenvalue weighted by molar-refractivity contribution is -0.137. The van der Waals surface area contributed by atoms with Gasteiger partial charge in [0.05, 0.1) is 23.7 Å². The van der Waals surface area contributed by atoms with Gasteiger partial charge < -0.3 is 9.80 Å². The van der Waals surface area contributed by atoms with E-state index in [0.29, 0.717) is 11.3 Å². The summed E-state index contributed by atoms with van der Waals surface area (Å²) >= 11 is 0. The second kappa shape index (κ2) is 8.67. The number of aromatic nitrogens is 2. The van der Waals surface area contributed by atoms with Gasteiger partial charge in [-0.25, -0.2) is 4.98 Å². The maximum absolute atomic E-state index is 13.0. The minimum atomic E-state index is -4.37. The molecule has 8 heteroatoms. The minimum absolute atomic E-state index is 0.429. The maximum atomic E-state index is 13.0. The highest BCUT2D eigenvalue weighted by Gasteiger charge is 2.30. The Labute approximate surface area is 169 Å². The predicted molar refractivity (Wildman–Crippen MR) is 107 cm³/mol. The highest BCUT2D eigenvalue weighted by molar-refractivity contribution is 5.61. The van der Waals surface area contributed by atoms with Gasteiger partial charge in [0, 0.05) is 44.8 Å². The fourth-order valence-electron chi connectivity index (χ4n) is 3.99. The van der Waals surface area contributed by atoms with Crippen molar-refractivity contribution in [3.63, 3.8) is 0 Å². The van der Waals surface area contributed by atoms with E-state index in [2.05, 4.69) is 24.7 Å². The zero-order chi connectivity index (χ0) is 20.3. The first-order valence-electron chi connectivity index (χ1n) is 10.2. The SMILES string of the molecule is FC(F)(F)c1cccc(-c2cncc(N3CCN(CCN4CCCC4)CC3)n2)c1. The molecular weight excluding hydrogens is 379 g/mol. The van der Waals surface area contributed by atoms with E-state index in [1.807, 2.05) is 0 Å². The Bertz CT molecular complexity index is 812. The third kappa shape index (κ3) is 5.05. The molecule has 0 amide bonds. The van der Waals surface area contributed by atoms with Crippen LogP contribution in [0.25, 0.3) is 11.3 Å². The van der Waals surface area contributed by atoms with Crippen LogP contribution < -0.4 is 4.90 Å². The van der Waals surface area contributed by atoms with Gasteiger partial charge in [-0.3, -0.25) is 9.88 Å². The minimum Gasteiger partial charge on any atom is -0.353 e. The van der Waals surface area contributed by atoms with Crippen LogP contribution in [0.3, 0.4) is 0 Å². The normalized spacial score (nSPS) is 19.1. The lowest BCUT2D eigenvalue weighted by atomic mass is 10.1. The number of piperazine rings is 1. The van der Waals surface area contributed by atoms with Crippen LogP contribution in [0, 0.1) is 0 Å². The van der Waals surface area contributed by atoms with Crippen LogP contribution in [0.2, 0.25) is 0 Å². The van der Waals surface area contributed by atoms with E-state index >= 15 is 0 Å². The quantitative estimate of drug-likeness (QED) is 0.762. The number of rotatable bonds is 5. The number of nitrogens with zero attached hydrogens (tertiary/aromatic N) is 5. The number of benzene rings is 1. The predicted octanol–water partition coefficient (Wildman–Crippen LogP) is 3.38. The van der Waals surface area contributed by atoms with E-state index < -0.39 is 11.7 Å². The van der Waals surface area contributed by atoms with E-state index in [-0.39, 0.29) is 0 Å². The first-order chi connectivity index (χ1) is 14.0. The van der Waals surface area contributed by atoms with Crippen LogP contribution >= 0.6 is 0 Å². The average molecular weight is 405 g/mol. The molecule has 1 aromatic carbocycles. The van der Waals surface area contributed by atoms with Gasteiger partial charge in [0.15, 0.2) is 0 Å². The number of alkyl halides is 3. The van der Waals surface area contributed by atoms with Crippen LogP contribution in [-0.4, -0.2) is 72.1 Å². The molecule has 2 aromatic rings. The van der Waals surface area contributed by atoms with Gasteiger partial charge in [0.2, 0.25) is 0 Å². The molecular formula is C21H26F3N5. The molecule has 29 heavy (non-hydrogen) atoms. The summed E-state index contributed by atoms with van der Waals surface area (Å²) in [7, 11) is 0. The van der Waals surface area contributed by atoms with Gasteiger partial charge in [0.25, 0.3) is 0 Å². The first kappa shape index (κ1) is 20.1. The van der Waals surface area contributed by atoms with Crippen LogP contribution in [-0.2, 0) is 6.18 Å². The molecule has 1 aromatic heterocycles. The van der Waals surface area contributed by atoms with E-state index in [1.165, 1.54) is 38.2 Å². The molecule has 0 unspecified atom stereocenters. The van der Waals surface area contributed by atoms with Crippen molar-refractivity contribution in [1.29, 1.82) is 0 Å². The van der Waals surface area contributed by atoms with Gasteiger partial charge in [-0.15, -0.1) is 0 Å². The Kier molecular flexibility index (Phi) is 6.01. The summed E-state index contributed by atoms with van der Waals surface area (Å²) in [4.78, 5) is 16.0. The van der Waals surface area contributed by atoms with E-state index in [1.54, 1.807) is 12.3 Å². The molecule has 2 fully saturated rings. The third-order valence-electron chi connectivity index (χ3n) is 5.73. The van der Waals surface area contributed by atoms with E-state index in [9.17, 15) is 13.2 Å². The number of hydrogen-bond acceptors (Lipinski definition) is 5. The van der Waals surface area contributed by atoms with Crippen molar-refractivity contribution in [3.8, 4) is 11.3 Å². The fourth-order valence-corrected chi connectivity index (χ4v) is 3.99. The Morgan fingerprint density at radius 1 is 0.862 bits per heavy atom. The summed E-state index contributed by atoms with van der Waals surface area (Å²) in [5, 5.41) is 0. The number of halogens is 3. The highest BCUT2D eigenvalue weighted by Crippen LogP contribution is 2.32. The Morgan fingerprint density at radius 3 is 2.24 bits per heavy atom. The molecule has 0 N–H and O–H groups in total. The van der Waals surface area contributed by atoms with Gasteiger partial charge >= 0.3 is 6.18 Å². The molecule has 0 atom stereocenters. The monoisotopic (exact) mass is 405 g/mol. The van der Waals surface area contributed by atoms with Crippen molar-refractivity contribution in [2.45, 2.75) is 19.0 Å². The second-order valence-electron chi connectivity index (χ2n) is 7.72. The molecule has 4 rings (SSSR count). The average Bonchev–Trinajstić information content (AvgIpc) is 3.26. The molecule has 2 saturated heterocycles. The molecule has 0 saturated carbocycles. The summed E-state index contributed by atoms with van der Waals surface area (Å²) in [5.74, 6) is 0.721. The first-order valence-corrected chi connectivity index (χ1v) is 10.2. The maximum Gasteiger partial charge on any atom is 0.416 e. The van der Waals surface area contributed by atoms with Crippen molar-refractivity contribution < 1.29 is 13.2 Å². The zero-order valence-corrected chi connectivity index (χ0v) is 16.4. The molecule has 0 aliphatic carbocycles. The molecule has 2 aliphatic rings. The molecule has 3 heterocycles. The van der Waals surface area contributed by atoms with Gasteiger partial charge in [-0.05, 0) is 38.1 Å². The molecule has 5 nitrogen and oxygen atoms in total. The number of hydrogen-bond donors (Lipinski definition) is 0. The molecule has 0 spiro atoms. The Morgan fingerprint density at radius 2 is 1.55 bits per heavy atom. The van der Waals surface area contributed by atoms with Crippen molar-refractivity contribution in [3.05, 3.63) is 42.2 Å². The van der Waals surface area contributed by atoms with Crippen molar-refractivity contribution >= 4 is 5.82 Å². The van der Waals surface area contributed by atoms with Crippen molar-refractivity contribution in [2.24, 2.45) is 0 Å². The van der Waals surface area contributed by atoms with Gasteiger partial charge in [-0.1, -0.05) is 12.1 Å². The van der Waals surface area contributed by atoms with Crippen LogP contribution in [0.4, 0.5) is 19.0 Å². The lowest BCUT2D eigenvalue weighted by Gasteiger charge is -2.36. The van der Waals surface area contributed by atoms with Crippen LogP contribution in [0.5, 0.6) is 0 Å². The van der Waals surface area contributed by atoms with Crippen molar-refractivity contribution in [1.82, 2.24) is 19.8 Å². The summed E-state index contributed by atoms with van der Waals surface area (Å²) in [6, 6.07) is 5.25. The third-order valence-corrected chi connectivity index (χ3v) is 5.73. The Balaban J connectivity index is 1.38. The molecule has 0 radical (unpaired) electrons. The largest absolute Gasteiger partial charge is 0.416 e. The number of anilines is 1. The number of likely N-dealkylation sites (tertiary alicyclic amines) is 1. The summed E-state index contributed by atoms with van der Waals surface area (Å²) in [5.41, 5.74) is 0.220. The summed E-state index contributed by atoms with van der Waals surface area (Å²) in [6.07, 6.45) is 1.47. The van der Waals surface area contributed by atoms with E-state index in [0.717, 1.165) is 57.2 Å². The van der Waals surface area contributed by atoms with Crippen molar-refractivity contribution in [2.75, 3.05) is 57.3 Å². The van der Waals surface area contributed by atoms with Gasteiger partial charge in [0.1, 0.15) is 5.82 Å². The topological polar surface area (TPSA) is 35.5 Å². The highest BCUT2D eigenvalue weighted by atomic mass is 19.4. The summed E-state index contributed by atoms with van der Waals surface area (Å²) in [6.45, 7) is 8.28. The van der Waals surface area contributed by atoms with Gasteiger partial charge in [-0.2, -0.15) is 13.2 Å². The summed E-state index contributed by atoms with van der Waals surface area (Å²) < 4.78 is 39.0. The molecule has 2 aliphatic heterocycles. The van der Waals surface area contributed by atoms with Crippen LogP contribution in [0.15, 0.2) is 36.7 Å². The van der Waals surface area contributed by atoms with Crippen LogP contribution in [0.1, 0.15) is 18.4 Å².